The Morgan fingerprint density at radius 3 is 2.43 bits per heavy atom. The number of aryl methyl sites for hydroxylation is 2. The SMILES string of the molecule is Cc1nn(C)c(Nc2ccccc2Cl)c1-c1ccc(Cl)cc1Cl. The molecule has 0 atom stereocenters. The lowest BCUT2D eigenvalue weighted by Gasteiger charge is -2.12. The van der Waals surface area contributed by atoms with Gasteiger partial charge in [-0.25, -0.2) is 0 Å². The summed E-state index contributed by atoms with van der Waals surface area (Å²) in [6.45, 7) is 1.94. The smallest absolute Gasteiger partial charge is 0.136 e. The van der Waals surface area contributed by atoms with Gasteiger partial charge in [-0.2, -0.15) is 5.10 Å². The molecule has 6 heteroatoms. The van der Waals surface area contributed by atoms with Gasteiger partial charge in [-0.15, -0.1) is 0 Å². The van der Waals surface area contributed by atoms with Gasteiger partial charge in [0.25, 0.3) is 0 Å². The lowest BCUT2D eigenvalue weighted by molar-refractivity contribution is 0.765. The van der Waals surface area contributed by atoms with Crippen molar-refractivity contribution in [3.05, 3.63) is 63.2 Å². The van der Waals surface area contributed by atoms with E-state index in [1.807, 2.05) is 50.4 Å². The van der Waals surface area contributed by atoms with E-state index in [2.05, 4.69) is 10.4 Å². The fraction of sp³-hybridized carbons (Fsp3) is 0.118. The molecule has 3 aromatic rings. The number of hydrogen-bond donors (Lipinski definition) is 1. The predicted octanol–water partition coefficient (Wildman–Crippen LogP) is 6.10. The van der Waals surface area contributed by atoms with Gasteiger partial charge in [0.15, 0.2) is 0 Å². The second-order valence-corrected chi connectivity index (χ2v) is 6.41. The Hall–Kier alpha value is -1.68. The van der Waals surface area contributed by atoms with Gasteiger partial charge in [0.1, 0.15) is 5.82 Å². The number of halogens is 3. The summed E-state index contributed by atoms with van der Waals surface area (Å²) in [4.78, 5) is 0. The first-order chi connectivity index (χ1) is 11.0. The van der Waals surface area contributed by atoms with E-state index >= 15 is 0 Å². The maximum absolute atomic E-state index is 6.38. The van der Waals surface area contributed by atoms with Crippen LogP contribution in [0, 0.1) is 6.92 Å². The Morgan fingerprint density at radius 2 is 1.74 bits per heavy atom. The molecule has 2 aromatic carbocycles. The normalized spacial score (nSPS) is 10.8. The van der Waals surface area contributed by atoms with Crippen molar-refractivity contribution in [2.24, 2.45) is 7.05 Å². The van der Waals surface area contributed by atoms with Crippen LogP contribution in [0.1, 0.15) is 5.69 Å². The third kappa shape index (κ3) is 3.18. The van der Waals surface area contributed by atoms with Crippen LogP contribution in [0.3, 0.4) is 0 Å². The zero-order valence-corrected chi connectivity index (χ0v) is 14.8. The molecule has 0 bridgehead atoms. The first-order valence-electron chi connectivity index (χ1n) is 6.98. The average molecular weight is 367 g/mol. The second-order valence-electron chi connectivity index (χ2n) is 5.16. The molecular weight excluding hydrogens is 353 g/mol. The fourth-order valence-electron chi connectivity index (χ4n) is 2.51. The van der Waals surface area contributed by atoms with Crippen molar-refractivity contribution in [3.63, 3.8) is 0 Å². The van der Waals surface area contributed by atoms with E-state index in [9.17, 15) is 0 Å². The summed E-state index contributed by atoms with van der Waals surface area (Å²) < 4.78 is 1.78. The minimum Gasteiger partial charge on any atom is -0.339 e. The van der Waals surface area contributed by atoms with E-state index in [0.717, 1.165) is 28.3 Å². The summed E-state index contributed by atoms with van der Waals surface area (Å²) in [5.74, 6) is 0.819. The van der Waals surface area contributed by atoms with E-state index in [1.54, 1.807) is 10.7 Å². The Balaban J connectivity index is 2.13. The maximum atomic E-state index is 6.38. The highest BCUT2D eigenvalue weighted by Gasteiger charge is 2.18. The molecule has 118 valence electrons. The van der Waals surface area contributed by atoms with Crippen LogP contribution >= 0.6 is 34.8 Å². The van der Waals surface area contributed by atoms with E-state index in [4.69, 9.17) is 34.8 Å². The Morgan fingerprint density at radius 1 is 1.00 bits per heavy atom. The van der Waals surface area contributed by atoms with E-state index in [0.29, 0.717) is 15.1 Å². The van der Waals surface area contributed by atoms with Gasteiger partial charge in [-0.3, -0.25) is 4.68 Å². The van der Waals surface area contributed by atoms with Crippen LogP contribution in [0.2, 0.25) is 15.1 Å². The summed E-state index contributed by atoms with van der Waals surface area (Å²) in [5, 5.41) is 9.66. The molecule has 3 nitrogen and oxygen atoms in total. The number of hydrogen-bond acceptors (Lipinski definition) is 2. The average Bonchev–Trinajstić information content (AvgIpc) is 2.76. The number of nitrogens with one attached hydrogen (secondary N) is 1. The lowest BCUT2D eigenvalue weighted by atomic mass is 10.1. The molecule has 0 radical (unpaired) electrons. The molecule has 23 heavy (non-hydrogen) atoms. The molecule has 0 saturated heterocycles. The molecule has 1 N–H and O–H groups in total. The summed E-state index contributed by atoms with van der Waals surface area (Å²) in [6.07, 6.45) is 0. The van der Waals surface area contributed by atoms with Crippen LogP contribution in [-0.4, -0.2) is 9.78 Å². The minimum atomic E-state index is 0.579. The number of rotatable bonds is 3. The van der Waals surface area contributed by atoms with Gasteiger partial charge in [-0.05, 0) is 31.2 Å². The van der Waals surface area contributed by atoms with Gasteiger partial charge >= 0.3 is 0 Å². The van der Waals surface area contributed by atoms with E-state index < -0.39 is 0 Å². The molecule has 0 aliphatic rings. The molecular formula is C17H14Cl3N3. The summed E-state index contributed by atoms with van der Waals surface area (Å²) >= 11 is 18.6. The van der Waals surface area contributed by atoms with Crippen LogP contribution in [0.15, 0.2) is 42.5 Å². The van der Waals surface area contributed by atoms with Crippen molar-refractivity contribution in [1.29, 1.82) is 0 Å². The van der Waals surface area contributed by atoms with Crippen molar-refractivity contribution in [2.75, 3.05) is 5.32 Å². The largest absolute Gasteiger partial charge is 0.339 e. The number of anilines is 2. The molecule has 0 aliphatic heterocycles. The molecule has 1 heterocycles. The summed E-state index contributed by atoms with van der Waals surface area (Å²) in [7, 11) is 1.87. The molecule has 0 spiro atoms. The zero-order valence-electron chi connectivity index (χ0n) is 12.6. The van der Waals surface area contributed by atoms with Crippen molar-refractivity contribution >= 4 is 46.3 Å². The monoisotopic (exact) mass is 365 g/mol. The number of benzene rings is 2. The van der Waals surface area contributed by atoms with Gasteiger partial charge in [-0.1, -0.05) is 53.0 Å². The van der Waals surface area contributed by atoms with E-state index in [1.165, 1.54) is 0 Å². The molecule has 0 amide bonds. The van der Waals surface area contributed by atoms with Gasteiger partial charge in [0.2, 0.25) is 0 Å². The Labute approximate surface area is 149 Å². The highest BCUT2D eigenvalue weighted by molar-refractivity contribution is 6.36. The third-order valence-electron chi connectivity index (χ3n) is 3.55. The highest BCUT2D eigenvalue weighted by atomic mass is 35.5. The summed E-state index contributed by atoms with van der Waals surface area (Å²) in [5.41, 5.74) is 3.47. The quantitative estimate of drug-likeness (QED) is 0.607. The number of aromatic nitrogens is 2. The maximum Gasteiger partial charge on any atom is 0.136 e. The number of nitrogens with zero attached hydrogens (tertiary/aromatic N) is 2. The van der Waals surface area contributed by atoms with Crippen molar-refractivity contribution in [1.82, 2.24) is 9.78 Å². The van der Waals surface area contributed by atoms with Crippen molar-refractivity contribution in [2.45, 2.75) is 6.92 Å². The van der Waals surface area contributed by atoms with E-state index in [-0.39, 0.29) is 0 Å². The molecule has 1 aromatic heterocycles. The molecule has 0 unspecified atom stereocenters. The van der Waals surface area contributed by atoms with Crippen LogP contribution in [0.25, 0.3) is 11.1 Å². The van der Waals surface area contributed by atoms with Gasteiger partial charge < -0.3 is 5.32 Å². The minimum absolute atomic E-state index is 0.579. The van der Waals surface area contributed by atoms with Gasteiger partial charge in [0, 0.05) is 23.2 Å². The fourth-order valence-corrected chi connectivity index (χ4v) is 3.19. The topological polar surface area (TPSA) is 29.9 Å². The standard InChI is InChI=1S/C17H14Cl3N3/c1-10-16(12-8-7-11(18)9-14(12)20)17(23(2)22-10)21-15-6-4-3-5-13(15)19/h3-9,21H,1-2H3. The third-order valence-corrected chi connectivity index (χ3v) is 4.43. The molecule has 3 rings (SSSR count). The van der Waals surface area contributed by atoms with Crippen molar-refractivity contribution in [3.8, 4) is 11.1 Å². The molecule has 0 saturated carbocycles. The Kier molecular flexibility index (Phi) is 4.53. The zero-order chi connectivity index (χ0) is 16.6. The van der Waals surface area contributed by atoms with Crippen LogP contribution in [-0.2, 0) is 7.05 Å². The van der Waals surface area contributed by atoms with Crippen LogP contribution < -0.4 is 5.32 Å². The number of para-hydroxylation sites is 1. The van der Waals surface area contributed by atoms with Crippen molar-refractivity contribution < 1.29 is 0 Å². The summed E-state index contributed by atoms with van der Waals surface area (Å²) in [6, 6.07) is 13.0. The molecule has 0 fully saturated rings. The van der Waals surface area contributed by atoms with Crippen LogP contribution in [0.5, 0.6) is 0 Å². The lowest BCUT2D eigenvalue weighted by Crippen LogP contribution is -2.00. The molecule has 0 aliphatic carbocycles. The predicted molar refractivity (Wildman–Crippen MR) is 98.1 cm³/mol. The first-order valence-corrected chi connectivity index (χ1v) is 8.11. The first kappa shape index (κ1) is 16.2. The van der Waals surface area contributed by atoms with Gasteiger partial charge in [0.05, 0.1) is 21.4 Å². The van der Waals surface area contributed by atoms with Crippen LogP contribution in [0.4, 0.5) is 11.5 Å². The highest BCUT2D eigenvalue weighted by Crippen LogP contribution is 2.39. The Bertz CT molecular complexity index is 872. The second kappa shape index (κ2) is 6.44.